The number of fused-ring (bicyclic) bond motifs is 5. The number of hydrogen-bond acceptors (Lipinski definition) is 14. The minimum atomic E-state index is -0.905. The van der Waals surface area contributed by atoms with E-state index in [0.29, 0.717) is 27.5 Å². The van der Waals surface area contributed by atoms with E-state index in [1.165, 1.54) is 108 Å². The first-order valence-corrected chi connectivity index (χ1v) is 29.1. The lowest BCUT2D eigenvalue weighted by atomic mass is 10.0. The summed E-state index contributed by atoms with van der Waals surface area (Å²) in [7, 11) is 4.06. The molecule has 73 heavy (non-hydrogen) atoms. The van der Waals surface area contributed by atoms with Crippen LogP contribution in [0.2, 0.25) is 0 Å². The Morgan fingerprint density at radius 2 is 1.05 bits per heavy atom. The number of unbranched alkanes of at least 4 members (excludes halogenated alkanes) is 17. The number of aryl methyl sites for hydroxylation is 2. The van der Waals surface area contributed by atoms with Crippen LogP contribution >= 0.6 is 21.6 Å². The van der Waals surface area contributed by atoms with Crippen LogP contribution in [0.3, 0.4) is 0 Å². The third kappa shape index (κ3) is 14.6. The first-order chi connectivity index (χ1) is 34.7. The third-order valence-corrected chi connectivity index (χ3v) is 16.1. The van der Waals surface area contributed by atoms with Gasteiger partial charge < -0.3 is 44.3 Å². The Morgan fingerprint density at radius 1 is 0.589 bits per heavy atom. The van der Waals surface area contributed by atoms with E-state index in [4.69, 9.17) is 30.1 Å². The Balaban J connectivity index is 0.753. The molecule has 3 aromatic carbocycles. The highest BCUT2D eigenvalue weighted by atomic mass is 33.1. The predicted molar refractivity (Wildman–Crippen MR) is 301 cm³/mol. The van der Waals surface area contributed by atoms with Gasteiger partial charge in [-0.3, -0.25) is 14.4 Å². The smallest absolute Gasteiger partial charge is 0.378 e. The maximum Gasteiger partial charge on any atom is 0.378 e. The van der Waals surface area contributed by atoms with E-state index in [1.807, 2.05) is 41.5 Å². The number of nitrogen functional groups attached to an aromatic ring is 2. The molecule has 3 aromatic heterocycles. The Morgan fingerprint density at radius 3 is 1.56 bits per heavy atom. The molecule has 6 aromatic rings. The fourth-order valence-electron chi connectivity index (χ4n) is 9.75. The van der Waals surface area contributed by atoms with Crippen molar-refractivity contribution >= 4 is 88.4 Å². The minimum absolute atomic E-state index is 0.162. The van der Waals surface area contributed by atoms with Crippen molar-refractivity contribution in [2.45, 2.75) is 202 Å². The van der Waals surface area contributed by atoms with Crippen molar-refractivity contribution in [2.75, 3.05) is 29.6 Å². The second kappa shape index (κ2) is 25.9. The lowest BCUT2D eigenvalue weighted by molar-refractivity contribution is -0.157. The Hall–Kier alpha value is -5.09. The highest BCUT2D eigenvalue weighted by molar-refractivity contribution is 8.76. The molecule has 0 amide bonds. The molecule has 0 bridgehead atoms. The van der Waals surface area contributed by atoms with Crippen molar-refractivity contribution in [1.29, 1.82) is 0 Å². The van der Waals surface area contributed by atoms with Crippen LogP contribution < -0.4 is 32.5 Å². The van der Waals surface area contributed by atoms with E-state index in [9.17, 15) is 29.1 Å². The topological polar surface area (TPSA) is 208 Å². The van der Waals surface area contributed by atoms with Gasteiger partial charge in [-0.2, -0.15) is 0 Å². The maximum atomic E-state index is 13.1. The summed E-state index contributed by atoms with van der Waals surface area (Å²) >= 11 is 0. The number of ether oxygens (including phenoxy) is 3. The molecule has 3 heterocycles. The first kappa shape index (κ1) is 57.2. The van der Waals surface area contributed by atoms with Crippen LogP contribution in [0.5, 0.6) is 11.5 Å². The van der Waals surface area contributed by atoms with Crippen molar-refractivity contribution in [1.82, 2.24) is 9.13 Å². The number of carbonyl (C=O) groups is 2. The first-order valence-electron chi connectivity index (χ1n) is 26.7. The zero-order valence-corrected chi connectivity index (χ0v) is 46.3. The second-order valence-corrected chi connectivity index (χ2v) is 24.4. The van der Waals surface area contributed by atoms with Gasteiger partial charge in [0, 0.05) is 41.4 Å². The summed E-state index contributed by atoms with van der Waals surface area (Å²) in [5.74, 6) is -0.0992. The van der Waals surface area contributed by atoms with Crippen molar-refractivity contribution in [3.8, 4) is 11.5 Å². The lowest BCUT2D eigenvalue weighted by Crippen LogP contribution is -2.32. The Labute approximate surface area is 437 Å². The lowest BCUT2D eigenvalue weighted by Gasteiger charge is -2.20. The fraction of sp³-hybridized carbons (Fsp3) is 0.596. The zero-order valence-electron chi connectivity index (χ0n) is 44.7. The highest BCUT2D eigenvalue weighted by Crippen LogP contribution is 2.41. The molecule has 16 heteroatoms. The molecule has 6 rings (SSSR count). The monoisotopic (exact) mass is 1040 g/mol. The molecule has 0 saturated carbocycles. The summed E-state index contributed by atoms with van der Waals surface area (Å²) < 4.78 is 26.8. The summed E-state index contributed by atoms with van der Waals surface area (Å²) in [4.78, 5) is 63.4. The number of aromatic nitrogens is 2. The van der Waals surface area contributed by atoms with Gasteiger partial charge in [-0.25, -0.2) is 9.59 Å². The van der Waals surface area contributed by atoms with Crippen LogP contribution in [0.15, 0.2) is 37.0 Å². The van der Waals surface area contributed by atoms with Crippen molar-refractivity contribution in [3.63, 3.8) is 0 Å². The van der Waals surface area contributed by atoms with E-state index >= 15 is 0 Å². The van der Waals surface area contributed by atoms with Gasteiger partial charge in [0.2, 0.25) is 22.0 Å². The van der Waals surface area contributed by atoms with Gasteiger partial charge in [-0.15, -0.1) is 0 Å². The number of hydrogen-bond donors (Lipinski definition) is 3. The number of benzene rings is 2. The molecular formula is C57H80N4O10S2. The summed E-state index contributed by atoms with van der Waals surface area (Å²) in [6.45, 7) is 15.4. The number of aromatic hydroxyl groups is 1. The van der Waals surface area contributed by atoms with Crippen molar-refractivity contribution < 1.29 is 33.3 Å². The van der Waals surface area contributed by atoms with Crippen LogP contribution in [0.1, 0.15) is 185 Å². The van der Waals surface area contributed by atoms with Gasteiger partial charge in [-0.05, 0) is 99.3 Å². The molecule has 0 aliphatic carbocycles. The average molecular weight is 1050 g/mol. The molecule has 0 unspecified atom stereocenters. The largest absolute Gasteiger partial charge is 0.501 e. The molecule has 0 aliphatic rings. The van der Waals surface area contributed by atoms with Gasteiger partial charge in [0.25, 0.3) is 5.76 Å². The van der Waals surface area contributed by atoms with Crippen molar-refractivity contribution in [3.05, 3.63) is 66.0 Å². The van der Waals surface area contributed by atoms with Gasteiger partial charge in [0.05, 0.1) is 44.0 Å². The normalized spacial score (nSPS) is 12.3. The molecule has 0 spiro atoms. The molecule has 400 valence electrons. The van der Waals surface area contributed by atoms with E-state index in [-0.39, 0.29) is 28.7 Å². The Bertz CT molecular complexity index is 3000. The van der Waals surface area contributed by atoms with Gasteiger partial charge in [0.1, 0.15) is 17.0 Å². The molecule has 0 radical (unpaired) electrons. The summed E-state index contributed by atoms with van der Waals surface area (Å²) in [5.41, 5.74) is 14.2. The van der Waals surface area contributed by atoms with E-state index in [1.54, 1.807) is 53.7 Å². The number of anilines is 2. The summed E-state index contributed by atoms with van der Waals surface area (Å²) in [6, 6.07) is 5.21. The van der Waals surface area contributed by atoms with Gasteiger partial charge >= 0.3 is 11.9 Å². The number of rotatable bonds is 30. The molecular weight excluding hydrogens is 965 g/mol. The van der Waals surface area contributed by atoms with Crippen LogP contribution in [0, 0.1) is 13.8 Å². The predicted octanol–water partition coefficient (Wildman–Crippen LogP) is 13.1. The van der Waals surface area contributed by atoms with E-state index < -0.39 is 50.9 Å². The average Bonchev–Trinajstić information content (AvgIpc) is 3.72. The second-order valence-electron chi connectivity index (χ2n) is 21.7. The van der Waals surface area contributed by atoms with Gasteiger partial charge in [-0.1, -0.05) is 118 Å². The van der Waals surface area contributed by atoms with Crippen molar-refractivity contribution in [2.24, 2.45) is 0 Å². The van der Waals surface area contributed by atoms with Gasteiger partial charge in [0.15, 0.2) is 12.2 Å². The molecule has 14 nitrogen and oxygen atoms in total. The fourth-order valence-corrected chi connectivity index (χ4v) is 12.0. The number of nitrogens with two attached hydrogens (primary N) is 2. The zero-order chi connectivity index (χ0) is 53.0. The Kier molecular flexibility index (Phi) is 20.3. The highest BCUT2D eigenvalue weighted by Gasteiger charge is 2.29. The number of nitrogens with zero attached hydrogens (tertiary/aromatic N) is 2. The quantitative estimate of drug-likeness (QED) is 0.0166. The van der Waals surface area contributed by atoms with E-state index in [2.05, 4.69) is 9.13 Å². The SMILES string of the molecule is Cc1c(N)c2c(OCC(=O)OC(C)(C)C)c3c(=O)c(=O)c3cc2n1CCCCCCCCCCCSSCCCCCCCCCCCCn1c(C)c(N)c2c3oc(C(=O)OC(C)(C)C)c(O)c(=O)c3ccc21. The van der Waals surface area contributed by atoms with Crippen LogP contribution in [-0.2, 0) is 27.4 Å². The van der Waals surface area contributed by atoms with Crippen LogP contribution in [0.25, 0.3) is 43.5 Å². The molecule has 0 atom stereocenters. The number of esters is 2. The molecule has 0 fully saturated rings. The summed E-state index contributed by atoms with van der Waals surface area (Å²) in [6.07, 6.45) is 23.1. The molecule has 0 aliphatic heterocycles. The van der Waals surface area contributed by atoms with E-state index in [0.717, 1.165) is 61.2 Å². The maximum absolute atomic E-state index is 13.1. The molecule has 0 saturated heterocycles. The third-order valence-electron chi connectivity index (χ3n) is 13.6. The summed E-state index contributed by atoms with van der Waals surface area (Å²) in [5, 5.41) is 12.3. The molecule has 5 N–H and O–H groups in total. The number of carbonyl (C=O) groups excluding carboxylic acids is 2. The minimum Gasteiger partial charge on any atom is -0.501 e. The standard InChI is InChI=1S/C57H80N4O10S2/c1-36-46(58)44-40(29-28-38-48(63)51(66)54(69-52(38)44)55(67)71-57(6,7)8)60(36)30-24-20-16-12-9-10-14-18-22-26-32-72-73-33-27-23-19-15-11-13-17-21-25-31-61-37(2)47(59)45-41(61)34-39-43(50(65)49(39)64)53(45)68-35-42(62)70-56(3,4)5/h28-29,34,66H,9-27,30-33,35,58-59H2,1-8H3. The van der Waals surface area contributed by atoms with Crippen LogP contribution in [-0.4, -0.2) is 55.5 Å². The van der Waals surface area contributed by atoms with Crippen LogP contribution in [0.4, 0.5) is 11.4 Å².